The summed E-state index contributed by atoms with van der Waals surface area (Å²) in [5.41, 5.74) is 10.2. The van der Waals surface area contributed by atoms with Gasteiger partial charge in [-0.15, -0.1) is 0 Å². The molecule has 3 aromatic carbocycles. The molecule has 3 nitrogen and oxygen atoms in total. The number of carbonyl (C=O) groups is 1. The predicted octanol–water partition coefficient (Wildman–Crippen LogP) is 4.45. The lowest BCUT2D eigenvalue weighted by Gasteiger charge is -2.05. The zero-order valence-corrected chi connectivity index (χ0v) is 13.9. The first kappa shape index (κ1) is 16.7. The van der Waals surface area contributed by atoms with E-state index in [0.717, 1.165) is 22.3 Å². The standard InChI is InChI=1S/C22H20N2O/c23-22(24)20-9-6-16(7-10-20)8-15-21(25)19-13-11-18(12-14-19)17-4-2-1-3-5-17/h1-7,9-14H,8,15H2,(H3,23,24). The lowest BCUT2D eigenvalue weighted by Crippen LogP contribution is -2.10. The molecule has 25 heavy (non-hydrogen) atoms. The topological polar surface area (TPSA) is 66.9 Å². The lowest BCUT2D eigenvalue weighted by atomic mass is 9.99. The van der Waals surface area contributed by atoms with Gasteiger partial charge >= 0.3 is 0 Å². The van der Waals surface area contributed by atoms with Crippen molar-refractivity contribution in [1.82, 2.24) is 0 Å². The maximum absolute atomic E-state index is 12.4. The number of amidine groups is 1. The summed E-state index contributed by atoms with van der Waals surface area (Å²) in [6.07, 6.45) is 1.14. The summed E-state index contributed by atoms with van der Waals surface area (Å²) < 4.78 is 0. The van der Waals surface area contributed by atoms with Crippen molar-refractivity contribution in [3.8, 4) is 11.1 Å². The van der Waals surface area contributed by atoms with Crippen molar-refractivity contribution in [2.75, 3.05) is 0 Å². The minimum atomic E-state index is 0.0566. The SMILES string of the molecule is N=C(N)c1ccc(CCC(=O)c2ccc(-c3ccccc3)cc2)cc1. The summed E-state index contributed by atoms with van der Waals surface area (Å²) >= 11 is 0. The molecule has 3 aromatic rings. The van der Waals surface area contributed by atoms with Gasteiger partial charge in [0.25, 0.3) is 0 Å². The van der Waals surface area contributed by atoms with Gasteiger partial charge in [0, 0.05) is 17.5 Å². The Morgan fingerprint density at radius 3 is 1.92 bits per heavy atom. The van der Waals surface area contributed by atoms with E-state index in [1.54, 1.807) is 0 Å². The Morgan fingerprint density at radius 1 is 0.760 bits per heavy atom. The molecule has 0 saturated heterocycles. The van der Waals surface area contributed by atoms with Crippen LogP contribution in [-0.2, 0) is 6.42 Å². The second kappa shape index (κ2) is 7.58. The van der Waals surface area contributed by atoms with Gasteiger partial charge in [-0.1, -0.05) is 78.9 Å². The average Bonchev–Trinajstić information content (AvgIpc) is 2.67. The molecule has 0 saturated carbocycles. The number of ketones is 1. The van der Waals surface area contributed by atoms with Crippen molar-refractivity contribution in [2.45, 2.75) is 12.8 Å². The highest BCUT2D eigenvalue weighted by Crippen LogP contribution is 2.20. The smallest absolute Gasteiger partial charge is 0.163 e. The van der Waals surface area contributed by atoms with Crippen LogP contribution in [0.2, 0.25) is 0 Å². The minimum absolute atomic E-state index is 0.0566. The molecule has 0 aliphatic carbocycles. The van der Waals surface area contributed by atoms with Gasteiger partial charge in [0.1, 0.15) is 5.84 Å². The van der Waals surface area contributed by atoms with E-state index in [0.29, 0.717) is 18.4 Å². The minimum Gasteiger partial charge on any atom is -0.384 e. The van der Waals surface area contributed by atoms with E-state index in [1.807, 2.05) is 66.7 Å². The van der Waals surface area contributed by atoms with Crippen LogP contribution in [0, 0.1) is 5.41 Å². The van der Waals surface area contributed by atoms with E-state index in [9.17, 15) is 4.79 Å². The number of nitrogens with two attached hydrogens (primary N) is 1. The molecule has 0 bridgehead atoms. The van der Waals surface area contributed by atoms with E-state index in [2.05, 4.69) is 12.1 Å². The van der Waals surface area contributed by atoms with Crippen molar-refractivity contribution in [2.24, 2.45) is 5.73 Å². The summed E-state index contributed by atoms with van der Waals surface area (Å²) in [6, 6.07) is 25.4. The van der Waals surface area contributed by atoms with Gasteiger partial charge in [-0.25, -0.2) is 0 Å². The van der Waals surface area contributed by atoms with Crippen LogP contribution < -0.4 is 5.73 Å². The highest BCUT2D eigenvalue weighted by molar-refractivity contribution is 5.97. The molecular formula is C22H20N2O. The zero-order chi connectivity index (χ0) is 17.6. The van der Waals surface area contributed by atoms with Crippen molar-refractivity contribution in [1.29, 1.82) is 5.41 Å². The molecule has 0 heterocycles. The number of nitrogen functional groups attached to an aromatic ring is 1. The van der Waals surface area contributed by atoms with Gasteiger partial charge in [0.15, 0.2) is 5.78 Å². The average molecular weight is 328 g/mol. The maximum atomic E-state index is 12.4. The number of nitrogens with one attached hydrogen (secondary N) is 1. The van der Waals surface area contributed by atoms with Crippen LogP contribution in [0.1, 0.15) is 27.9 Å². The normalized spacial score (nSPS) is 10.4. The molecule has 0 unspecified atom stereocenters. The zero-order valence-electron chi connectivity index (χ0n) is 13.9. The quantitative estimate of drug-likeness (QED) is 0.399. The van der Waals surface area contributed by atoms with Gasteiger partial charge < -0.3 is 5.73 Å². The molecule has 0 aliphatic heterocycles. The molecule has 3 rings (SSSR count). The maximum Gasteiger partial charge on any atom is 0.163 e. The van der Waals surface area contributed by atoms with Gasteiger partial charge in [-0.2, -0.15) is 0 Å². The number of rotatable bonds is 6. The van der Waals surface area contributed by atoms with E-state index < -0.39 is 0 Å². The molecule has 0 fully saturated rings. The summed E-state index contributed by atoms with van der Waals surface area (Å²) in [7, 11) is 0. The third kappa shape index (κ3) is 4.21. The number of Topliss-reactive ketones (excluding diaryl/α,β-unsaturated/α-hetero) is 1. The molecule has 0 amide bonds. The molecule has 0 radical (unpaired) electrons. The van der Waals surface area contributed by atoms with Gasteiger partial charge in [-0.3, -0.25) is 10.2 Å². The van der Waals surface area contributed by atoms with Crippen LogP contribution >= 0.6 is 0 Å². The molecule has 0 atom stereocenters. The Hall–Kier alpha value is -3.20. The summed E-state index contributed by atoms with van der Waals surface area (Å²) in [6.45, 7) is 0. The number of benzene rings is 3. The van der Waals surface area contributed by atoms with Gasteiger partial charge in [-0.05, 0) is 23.1 Å². The fraction of sp³-hybridized carbons (Fsp3) is 0.0909. The second-order valence-electron chi connectivity index (χ2n) is 5.98. The van der Waals surface area contributed by atoms with Crippen LogP contribution in [0.5, 0.6) is 0 Å². The fourth-order valence-electron chi connectivity index (χ4n) is 2.73. The Kier molecular flexibility index (Phi) is 5.05. The summed E-state index contributed by atoms with van der Waals surface area (Å²) in [5.74, 6) is 0.191. The third-order valence-electron chi connectivity index (χ3n) is 4.22. The van der Waals surface area contributed by atoms with Crippen LogP contribution in [0.15, 0.2) is 78.9 Å². The van der Waals surface area contributed by atoms with E-state index >= 15 is 0 Å². The third-order valence-corrected chi connectivity index (χ3v) is 4.22. The van der Waals surface area contributed by atoms with E-state index in [1.165, 1.54) is 0 Å². The van der Waals surface area contributed by atoms with Crippen molar-refractivity contribution >= 4 is 11.6 Å². The molecule has 0 aliphatic rings. The van der Waals surface area contributed by atoms with Crippen LogP contribution in [0.25, 0.3) is 11.1 Å². The molecule has 0 spiro atoms. The summed E-state index contributed by atoms with van der Waals surface area (Å²) in [5, 5.41) is 7.39. The largest absolute Gasteiger partial charge is 0.384 e. The Bertz CT molecular complexity index is 866. The Labute approximate surface area is 147 Å². The number of hydrogen-bond donors (Lipinski definition) is 2. The van der Waals surface area contributed by atoms with Crippen LogP contribution in [0.3, 0.4) is 0 Å². The monoisotopic (exact) mass is 328 g/mol. The second-order valence-corrected chi connectivity index (χ2v) is 5.98. The fourth-order valence-corrected chi connectivity index (χ4v) is 2.73. The molecule has 3 N–H and O–H groups in total. The van der Waals surface area contributed by atoms with E-state index in [-0.39, 0.29) is 11.6 Å². The molecule has 3 heteroatoms. The van der Waals surface area contributed by atoms with Crippen LogP contribution in [0.4, 0.5) is 0 Å². The van der Waals surface area contributed by atoms with Crippen LogP contribution in [-0.4, -0.2) is 11.6 Å². The first-order chi connectivity index (χ1) is 12.1. The number of carbonyl (C=O) groups excluding carboxylic acids is 1. The first-order valence-electron chi connectivity index (χ1n) is 8.25. The Balaban J connectivity index is 1.62. The highest BCUT2D eigenvalue weighted by Gasteiger charge is 2.07. The number of aryl methyl sites for hydroxylation is 1. The highest BCUT2D eigenvalue weighted by atomic mass is 16.1. The lowest BCUT2D eigenvalue weighted by molar-refractivity contribution is 0.0983. The molecule has 0 aromatic heterocycles. The van der Waals surface area contributed by atoms with Crippen molar-refractivity contribution in [3.05, 3.63) is 95.6 Å². The molecular weight excluding hydrogens is 308 g/mol. The van der Waals surface area contributed by atoms with Gasteiger partial charge in [0.05, 0.1) is 0 Å². The van der Waals surface area contributed by atoms with Crippen molar-refractivity contribution < 1.29 is 4.79 Å². The number of hydrogen-bond acceptors (Lipinski definition) is 2. The van der Waals surface area contributed by atoms with E-state index in [4.69, 9.17) is 11.1 Å². The molecule has 124 valence electrons. The Morgan fingerprint density at radius 2 is 1.32 bits per heavy atom. The van der Waals surface area contributed by atoms with Crippen molar-refractivity contribution in [3.63, 3.8) is 0 Å². The summed E-state index contributed by atoms with van der Waals surface area (Å²) in [4.78, 5) is 12.4. The predicted molar refractivity (Wildman–Crippen MR) is 102 cm³/mol. The first-order valence-corrected chi connectivity index (χ1v) is 8.25. The van der Waals surface area contributed by atoms with Gasteiger partial charge in [0.2, 0.25) is 0 Å².